The smallest absolute Gasteiger partial charge is 0.256 e. The largest absolute Gasteiger partial charge is 0.365 e. The highest BCUT2D eigenvalue weighted by molar-refractivity contribution is 6.30. The molecule has 4 rings (SSSR count). The molecule has 2 aromatic heterocycles. The number of nitrogens with zero attached hydrogens (tertiary/aromatic N) is 3. The number of carbonyl (C=O) groups is 1. The van der Waals surface area contributed by atoms with E-state index in [9.17, 15) is 4.79 Å². The van der Waals surface area contributed by atoms with Crippen molar-refractivity contribution in [1.82, 2.24) is 20.2 Å². The molecular weight excluding hydrogens is 366 g/mol. The van der Waals surface area contributed by atoms with Gasteiger partial charge in [0.15, 0.2) is 5.82 Å². The first-order chi connectivity index (χ1) is 13.1. The van der Waals surface area contributed by atoms with Crippen molar-refractivity contribution < 1.29 is 4.79 Å². The Morgan fingerprint density at radius 3 is 2.85 bits per heavy atom. The third-order valence-electron chi connectivity index (χ3n) is 3.80. The van der Waals surface area contributed by atoms with Crippen LogP contribution in [-0.4, -0.2) is 32.3 Å². The molecule has 0 aliphatic rings. The van der Waals surface area contributed by atoms with Gasteiger partial charge >= 0.3 is 0 Å². The number of hydrogen-bond acceptors (Lipinski definition) is 5. The lowest BCUT2D eigenvalue weighted by Crippen LogP contribution is -2.12. The van der Waals surface area contributed by atoms with Crippen LogP contribution in [0, 0.1) is 0 Å². The van der Waals surface area contributed by atoms with Gasteiger partial charge in [0, 0.05) is 10.7 Å². The van der Waals surface area contributed by atoms with Crippen LogP contribution in [0.1, 0.15) is 16.2 Å². The van der Waals surface area contributed by atoms with E-state index in [1.807, 2.05) is 24.3 Å². The number of primary amides is 1. The standard InChI is InChI=1S/C18H14ClN7O/c19-10-4-3-5-11(8-10)22-18-15(16(20)27)17(25-26-18)21-9-14-23-12-6-1-2-7-13(12)24-14/h1-9H,(H2,20,27)(H,23,24)(H2,22,25,26). The summed E-state index contributed by atoms with van der Waals surface area (Å²) in [6, 6.07) is 14.7. The number of amides is 1. The summed E-state index contributed by atoms with van der Waals surface area (Å²) >= 11 is 5.98. The van der Waals surface area contributed by atoms with Gasteiger partial charge in [-0.15, -0.1) is 0 Å². The minimum absolute atomic E-state index is 0.141. The van der Waals surface area contributed by atoms with Gasteiger partial charge in [0.1, 0.15) is 17.2 Å². The molecule has 0 saturated carbocycles. The first-order valence-electron chi connectivity index (χ1n) is 8.00. The van der Waals surface area contributed by atoms with Gasteiger partial charge in [-0.1, -0.05) is 29.8 Å². The van der Waals surface area contributed by atoms with Gasteiger partial charge in [0.05, 0.1) is 17.2 Å². The highest BCUT2D eigenvalue weighted by atomic mass is 35.5. The molecule has 8 nitrogen and oxygen atoms in total. The zero-order chi connectivity index (χ0) is 18.8. The number of aliphatic imine (C=N–C) groups is 1. The van der Waals surface area contributed by atoms with Crippen LogP contribution in [0.15, 0.2) is 53.5 Å². The topological polar surface area (TPSA) is 125 Å². The van der Waals surface area contributed by atoms with E-state index >= 15 is 0 Å². The molecule has 9 heteroatoms. The predicted octanol–water partition coefficient (Wildman–Crippen LogP) is 3.53. The van der Waals surface area contributed by atoms with Crippen molar-refractivity contribution in [3.05, 3.63) is 64.9 Å². The van der Waals surface area contributed by atoms with Crippen molar-refractivity contribution in [3.8, 4) is 0 Å². The molecule has 5 N–H and O–H groups in total. The van der Waals surface area contributed by atoms with Crippen LogP contribution < -0.4 is 11.1 Å². The molecule has 0 fully saturated rings. The van der Waals surface area contributed by atoms with Crippen LogP contribution in [0.4, 0.5) is 17.3 Å². The fraction of sp³-hybridized carbons (Fsp3) is 0. The maximum absolute atomic E-state index is 11.9. The predicted molar refractivity (Wildman–Crippen MR) is 105 cm³/mol. The summed E-state index contributed by atoms with van der Waals surface area (Å²) in [4.78, 5) is 23.7. The Hall–Kier alpha value is -3.65. The minimum Gasteiger partial charge on any atom is -0.365 e. The maximum atomic E-state index is 11.9. The molecule has 0 bridgehead atoms. The Morgan fingerprint density at radius 1 is 1.22 bits per heavy atom. The van der Waals surface area contributed by atoms with Gasteiger partial charge < -0.3 is 16.0 Å². The van der Waals surface area contributed by atoms with Gasteiger partial charge in [-0.25, -0.2) is 9.98 Å². The summed E-state index contributed by atoms with van der Waals surface area (Å²) in [6.07, 6.45) is 1.49. The van der Waals surface area contributed by atoms with Gasteiger partial charge in [-0.05, 0) is 30.3 Å². The van der Waals surface area contributed by atoms with E-state index in [4.69, 9.17) is 17.3 Å². The average molecular weight is 380 g/mol. The Bertz CT molecular complexity index is 1130. The quantitative estimate of drug-likeness (QED) is 0.396. The maximum Gasteiger partial charge on any atom is 0.256 e. The second-order valence-corrected chi connectivity index (χ2v) is 6.13. The number of rotatable bonds is 5. The van der Waals surface area contributed by atoms with Crippen LogP contribution in [0.5, 0.6) is 0 Å². The van der Waals surface area contributed by atoms with Crippen molar-refractivity contribution in [2.45, 2.75) is 0 Å². The van der Waals surface area contributed by atoms with E-state index in [2.05, 4.69) is 30.5 Å². The van der Waals surface area contributed by atoms with Gasteiger partial charge in [-0.3, -0.25) is 9.89 Å². The molecule has 27 heavy (non-hydrogen) atoms. The molecule has 0 atom stereocenters. The van der Waals surface area contributed by atoms with Crippen molar-refractivity contribution in [1.29, 1.82) is 0 Å². The zero-order valence-electron chi connectivity index (χ0n) is 13.9. The second-order valence-electron chi connectivity index (χ2n) is 5.69. The molecule has 2 heterocycles. The van der Waals surface area contributed by atoms with Gasteiger partial charge in [0.2, 0.25) is 0 Å². The number of benzene rings is 2. The number of nitrogens with two attached hydrogens (primary N) is 1. The average Bonchev–Trinajstić information content (AvgIpc) is 3.23. The number of nitrogens with one attached hydrogen (secondary N) is 3. The molecule has 0 spiro atoms. The SMILES string of the molecule is NC(=O)c1c(N=Cc2nc3ccccc3[nH]2)n[nH]c1Nc1cccc(Cl)c1. The van der Waals surface area contributed by atoms with Crippen molar-refractivity contribution >= 4 is 52.1 Å². The first-order valence-corrected chi connectivity index (χ1v) is 8.37. The van der Waals surface area contributed by atoms with Crippen LogP contribution in [0.25, 0.3) is 11.0 Å². The van der Waals surface area contributed by atoms with Crippen LogP contribution in [0.2, 0.25) is 5.02 Å². The molecule has 134 valence electrons. The molecule has 0 aliphatic heterocycles. The number of aromatic amines is 2. The molecule has 2 aromatic carbocycles. The summed E-state index contributed by atoms with van der Waals surface area (Å²) < 4.78 is 0. The van der Waals surface area contributed by atoms with E-state index < -0.39 is 5.91 Å². The number of halogens is 1. The molecular formula is C18H14ClN7O. The summed E-state index contributed by atoms with van der Waals surface area (Å²) in [7, 11) is 0. The van der Waals surface area contributed by atoms with Gasteiger partial charge in [-0.2, -0.15) is 5.10 Å². The Kier molecular flexibility index (Phi) is 4.31. The van der Waals surface area contributed by atoms with Crippen LogP contribution >= 0.6 is 11.6 Å². The third kappa shape index (κ3) is 3.51. The van der Waals surface area contributed by atoms with Crippen molar-refractivity contribution in [2.75, 3.05) is 5.32 Å². The first kappa shape index (κ1) is 16.8. The molecule has 0 unspecified atom stereocenters. The van der Waals surface area contributed by atoms with E-state index in [1.165, 1.54) is 6.21 Å². The number of imidazole rings is 1. The minimum atomic E-state index is -0.662. The van der Waals surface area contributed by atoms with E-state index in [-0.39, 0.29) is 11.4 Å². The lowest BCUT2D eigenvalue weighted by atomic mass is 10.2. The number of para-hydroxylation sites is 2. The number of H-pyrrole nitrogens is 2. The Morgan fingerprint density at radius 2 is 2.07 bits per heavy atom. The van der Waals surface area contributed by atoms with Crippen molar-refractivity contribution in [2.24, 2.45) is 10.7 Å². The summed E-state index contributed by atoms with van der Waals surface area (Å²) in [5.41, 5.74) is 8.04. The van der Waals surface area contributed by atoms with Gasteiger partial charge in [0.25, 0.3) is 5.91 Å². The molecule has 0 radical (unpaired) electrons. The Labute approximate surface area is 158 Å². The molecule has 0 saturated heterocycles. The highest BCUT2D eigenvalue weighted by Crippen LogP contribution is 2.27. The summed E-state index contributed by atoms with van der Waals surface area (Å²) in [5, 5.41) is 10.4. The van der Waals surface area contributed by atoms with Crippen LogP contribution in [0.3, 0.4) is 0 Å². The molecule has 1 amide bonds. The van der Waals surface area contributed by atoms with Crippen molar-refractivity contribution in [3.63, 3.8) is 0 Å². The second kappa shape index (κ2) is 6.93. The lowest BCUT2D eigenvalue weighted by Gasteiger charge is -2.05. The third-order valence-corrected chi connectivity index (χ3v) is 4.04. The number of carbonyl (C=O) groups excluding carboxylic acids is 1. The lowest BCUT2D eigenvalue weighted by molar-refractivity contribution is 0.100. The van der Waals surface area contributed by atoms with Crippen LogP contribution in [-0.2, 0) is 0 Å². The highest BCUT2D eigenvalue weighted by Gasteiger charge is 2.18. The summed E-state index contributed by atoms with van der Waals surface area (Å²) in [6.45, 7) is 0. The summed E-state index contributed by atoms with van der Waals surface area (Å²) in [5.74, 6) is 0.373. The fourth-order valence-electron chi connectivity index (χ4n) is 2.62. The number of aromatic nitrogens is 4. The molecule has 4 aromatic rings. The zero-order valence-corrected chi connectivity index (χ0v) is 14.7. The van der Waals surface area contributed by atoms with E-state index in [0.717, 1.165) is 11.0 Å². The normalized spacial score (nSPS) is 11.3. The number of fused-ring (bicyclic) bond motifs is 1. The number of anilines is 2. The Balaban J connectivity index is 1.64. The monoisotopic (exact) mass is 379 g/mol. The molecule has 0 aliphatic carbocycles. The fourth-order valence-corrected chi connectivity index (χ4v) is 2.81. The van der Waals surface area contributed by atoms with E-state index in [0.29, 0.717) is 22.4 Å². The van der Waals surface area contributed by atoms with E-state index in [1.54, 1.807) is 24.3 Å². The number of hydrogen-bond donors (Lipinski definition) is 4.